The molecule has 0 atom stereocenters. The zero-order valence-corrected chi connectivity index (χ0v) is 9.22. The Morgan fingerprint density at radius 1 is 1.56 bits per heavy atom. The van der Waals surface area contributed by atoms with Crippen LogP contribution < -0.4 is 4.90 Å². The molecule has 0 spiro atoms. The molecule has 16 heavy (non-hydrogen) atoms. The minimum Gasteiger partial charge on any atom is -0.396 e. The number of nitro benzene ring substituents is 1. The summed E-state index contributed by atoms with van der Waals surface area (Å²) in [7, 11) is 0. The van der Waals surface area contributed by atoms with E-state index >= 15 is 0 Å². The van der Waals surface area contributed by atoms with Crippen LogP contribution >= 0.6 is 11.6 Å². The first-order valence-corrected chi connectivity index (χ1v) is 5.30. The summed E-state index contributed by atoms with van der Waals surface area (Å²) >= 11 is 5.80. The van der Waals surface area contributed by atoms with Gasteiger partial charge in [-0.15, -0.1) is 0 Å². The van der Waals surface area contributed by atoms with Gasteiger partial charge in [-0.1, -0.05) is 17.7 Å². The van der Waals surface area contributed by atoms with Gasteiger partial charge in [-0.05, 0) is 12.1 Å². The number of hydrogen-bond acceptors (Lipinski definition) is 4. The Kier molecular flexibility index (Phi) is 2.98. The number of aliphatic hydroxyl groups is 1. The van der Waals surface area contributed by atoms with E-state index in [-0.39, 0.29) is 23.2 Å². The van der Waals surface area contributed by atoms with Crippen molar-refractivity contribution in [1.82, 2.24) is 0 Å². The smallest absolute Gasteiger partial charge is 0.310 e. The SMILES string of the molecule is O=[N+]([O-])c1c(Cl)cccc1N1CC(CO)C1. The van der Waals surface area contributed by atoms with E-state index in [1.165, 1.54) is 6.07 Å². The second-order valence-electron chi connectivity index (χ2n) is 3.82. The highest BCUT2D eigenvalue weighted by Gasteiger charge is 2.31. The third-order valence-corrected chi connectivity index (χ3v) is 3.01. The predicted octanol–water partition coefficient (Wildman–Crippen LogP) is 1.68. The number of hydrogen-bond donors (Lipinski definition) is 1. The van der Waals surface area contributed by atoms with Crippen LogP contribution in [0.5, 0.6) is 0 Å². The Bertz CT molecular complexity index is 419. The Morgan fingerprint density at radius 2 is 2.25 bits per heavy atom. The van der Waals surface area contributed by atoms with Crippen LogP contribution in [0.3, 0.4) is 0 Å². The Labute approximate surface area is 97.4 Å². The molecule has 0 saturated carbocycles. The van der Waals surface area contributed by atoms with Gasteiger partial charge < -0.3 is 10.0 Å². The molecule has 1 aliphatic heterocycles. The van der Waals surface area contributed by atoms with Gasteiger partial charge in [-0.3, -0.25) is 10.1 Å². The topological polar surface area (TPSA) is 66.6 Å². The van der Waals surface area contributed by atoms with Gasteiger partial charge in [0.15, 0.2) is 0 Å². The highest BCUT2D eigenvalue weighted by molar-refractivity contribution is 6.33. The molecule has 2 rings (SSSR count). The molecule has 0 aromatic heterocycles. The van der Waals surface area contributed by atoms with Gasteiger partial charge in [-0.2, -0.15) is 0 Å². The quantitative estimate of drug-likeness (QED) is 0.647. The molecule has 1 N–H and O–H groups in total. The average molecular weight is 243 g/mol. The maximum Gasteiger partial charge on any atom is 0.310 e. The Morgan fingerprint density at radius 3 is 2.81 bits per heavy atom. The van der Waals surface area contributed by atoms with Crippen molar-refractivity contribution in [3.8, 4) is 0 Å². The molecule has 5 nitrogen and oxygen atoms in total. The van der Waals surface area contributed by atoms with Gasteiger partial charge in [0.25, 0.3) is 0 Å². The lowest BCUT2D eigenvalue weighted by Gasteiger charge is -2.39. The lowest BCUT2D eigenvalue weighted by atomic mass is 10.00. The summed E-state index contributed by atoms with van der Waals surface area (Å²) in [6.45, 7) is 1.39. The van der Waals surface area contributed by atoms with Crippen molar-refractivity contribution in [1.29, 1.82) is 0 Å². The number of para-hydroxylation sites is 1. The summed E-state index contributed by atoms with van der Waals surface area (Å²) in [5, 5.41) is 19.9. The van der Waals surface area contributed by atoms with Crippen molar-refractivity contribution in [3.63, 3.8) is 0 Å². The maximum atomic E-state index is 10.9. The number of halogens is 1. The number of anilines is 1. The van der Waals surface area contributed by atoms with Gasteiger partial charge in [-0.25, -0.2) is 0 Å². The number of nitrogens with zero attached hydrogens (tertiary/aromatic N) is 2. The van der Waals surface area contributed by atoms with E-state index in [2.05, 4.69) is 0 Å². The van der Waals surface area contributed by atoms with Crippen LogP contribution in [0.15, 0.2) is 18.2 Å². The molecule has 86 valence electrons. The van der Waals surface area contributed by atoms with E-state index in [1.807, 2.05) is 4.90 Å². The van der Waals surface area contributed by atoms with Gasteiger partial charge in [0.1, 0.15) is 10.7 Å². The van der Waals surface area contributed by atoms with E-state index in [4.69, 9.17) is 16.7 Å². The fourth-order valence-corrected chi connectivity index (χ4v) is 2.06. The summed E-state index contributed by atoms with van der Waals surface area (Å²) in [6, 6.07) is 4.88. The number of aliphatic hydroxyl groups excluding tert-OH is 1. The first-order chi connectivity index (χ1) is 7.63. The third kappa shape index (κ3) is 1.83. The highest BCUT2D eigenvalue weighted by Crippen LogP contribution is 2.37. The first kappa shape index (κ1) is 11.2. The zero-order chi connectivity index (χ0) is 11.7. The Balaban J connectivity index is 2.28. The van der Waals surface area contributed by atoms with Crippen molar-refractivity contribution in [2.45, 2.75) is 0 Å². The molecule has 1 fully saturated rings. The van der Waals surface area contributed by atoms with Crippen LogP contribution in [0.4, 0.5) is 11.4 Å². The predicted molar refractivity (Wildman–Crippen MR) is 60.9 cm³/mol. The molecule has 1 heterocycles. The van der Waals surface area contributed by atoms with Gasteiger partial charge in [0, 0.05) is 25.6 Å². The minimum atomic E-state index is -0.468. The summed E-state index contributed by atoms with van der Waals surface area (Å²) in [5.41, 5.74) is 0.475. The number of nitro groups is 1. The summed E-state index contributed by atoms with van der Waals surface area (Å²) < 4.78 is 0. The highest BCUT2D eigenvalue weighted by atomic mass is 35.5. The van der Waals surface area contributed by atoms with Crippen LogP contribution in [0.2, 0.25) is 5.02 Å². The van der Waals surface area contributed by atoms with E-state index in [0.717, 1.165) is 0 Å². The van der Waals surface area contributed by atoms with Gasteiger partial charge in [0.05, 0.1) is 4.92 Å². The molecule has 0 radical (unpaired) electrons. The molecular formula is C10H11ClN2O3. The van der Waals surface area contributed by atoms with Crippen molar-refractivity contribution in [2.75, 3.05) is 24.6 Å². The molecule has 6 heteroatoms. The molecule has 1 saturated heterocycles. The van der Waals surface area contributed by atoms with E-state index in [1.54, 1.807) is 12.1 Å². The zero-order valence-electron chi connectivity index (χ0n) is 8.47. The van der Waals surface area contributed by atoms with Crippen molar-refractivity contribution in [2.24, 2.45) is 5.92 Å². The largest absolute Gasteiger partial charge is 0.396 e. The summed E-state index contributed by atoms with van der Waals surface area (Å²) in [5.74, 6) is 0.207. The van der Waals surface area contributed by atoms with Crippen LogP contribution in [0, 0.1) is 16.0 Å². The standard InChI is InChI=1S/C10H11ClN2O3/c11-8-2-1-3-9(10(8)13(15)16)12-4-7(5-12)6-14/h1-3,7,14H,4-6H2. The lowest BCUT2D eigenvalue weighted by Crippen LogP contribution is -2.48. The molecule has 1 aromatic carbocycles. The monoisotopic (exact) mass is 242 g/mol. The van der Waals surface area contributed by atoms with Gasteiger partial charge >= 0.3 is 5.69 Å². The minimum absolute atomic E-state index is 0.0550. The normalized spacial score (nSPS) is 16.0. The second-order valence-corrected chi connectivity index (χ2v) is 4.23. The molecule has 0 unspecified atom stereocenters. The second kappa shape index (κ2) is 4.27. The van der Waals surface area contributed by atoms with E-state index < -0.39 is 4.92 Å². The van der Waals surface area contributed by atoms with Crippen molar-refractivity contribution < 1.29 is 10.0 Å². The van der Waals surface area contributed by atoms with Gasteiger partial charge in [0.2, 0.25) is 0 Å². The van der Waals surface area contributed by atoms with Crippen LogP contribution in [0.25, 0.3) is 0 Å². The van der Waals surface area contributed by atoms with Crippen LogP contribution in [0.1, 0.15) is 0 Å². The fraction of sp³-hybridized carbons (Fsp3) is 0.400. The van der Waals surface area contributed by atoms with E-state index in [9.17, 15) is 10.1 Å². The lowest BCUT2D eigenvalue weighted by molar-refractivity contribution is -0.384. The molecule has 0 bridgehead atoms. The molecule has 1 aliphatic rings. The average Bonchev–Trinajstić information content (AvgIpc) is 2.15. The molecular weight excluding hydrogens is 232 g/mol. The number of rotatable bonds is 3. The molecule has 1 aromatic rings. The first-order valence-electron chi connectivity index (χ1n) is 4.92. The maximum absolute atomic E-state index is 10.9. The van der Waals surface area contributed by atoms with Crippen LogP contribution in [-0.2, 0) is 0 Å². The molecule has 0 amide bonds. The fourth-order valence-electron chi connectivity index (χ4n) is 1.82. The van der Waals surface area contributed by atoms with Crippen molar-refractivity contribution >= 4 is 23.0 Å². The van der Waals surface area contributed by atoms with Crippen molar-refractivity contribution in [3.05, 3.63) is 33.3 Å². The van der Waals surface area contributed by atoms with Crippen LogP contribution in [-0.4, -0.2) is 29.7 Å². The summed E-state index contributed by atoms with van der Waals surface area (Å²) in [6.07, 6.45) is 0. The van der Waals surface area contributed by atoms with E-state index in [0.29, 0.717) is 18.8 Å². The number of benzene rings is 1. The Hall–Kier alpha value is -1.33. The summed E-state index contributed by atoms with van der Waals surface area (Å²) in [4.78, 5) is 12.3. The third-order valence-electron chi connectivity index (χ3n) is 2.70. The molecule has 0 aliphatic carbocycles.